The van der Waals surface area contributed by atoms with Gasteiger partial charge >= 0.3 is 0 Å². The normalized spacial score (nSPS) is 53.3. The number of hydrogen-bond donors (Lipinski definition) is 1. The molecule has 1 heterocycles. The monoisotopic (exact) mass is 178 g/mol. The van der Waals surface area contributed by atoms with Crippen LogP contribution in [0.5, 0.6) is 0 Å². The van der Waals surface area contributed by atoms with Crippen molar-refractivity contribution in [2.75, 3.05) is 0 Å². The van der Waals surface area contributed by atoms with Crippen molar-refractivity contribution < 1.29 is 9.32 Å². The van der Waals surface area contributed by atoms with E-state index >= 15 is 0 Å². The summed E-state index contributed by atoms with van der Waals surface area (Å²) in [7, 11) is 0.675. The zero-order valence-electron chi connectivity index (χ0n) is 5.53. The van der Waals surface area contributed by atoms with Crippen molar-refractivity contribution in [1.82, 2.24) is 0 Å². The molecule has 1 saturated heterocycles. The van der Waals surface area contributed by atoms with E-state index in [1.54, 1.807) is 0 Å². The molecule has 2 aliphatic rings. The highest BCUT2D eigenvalue weighted by molar-refractivity contribution is 8.70. The quantitative estimate of drug-likeness (QED) is 0.554. The molecular formula is C6H10O2S2. The van der Waals surface area contributed by atoms with Gasteiger partial charge in [-0.3, -0.25) is 0 Å². The van der Waals surface area contributed by atoms with E-state index in [4.69, 9.17) is 0 Å². The van der Waals surface area contributed by atoms with E-state index in [2.05, 4.69) is 0 Å². The van der Waals surface area contributed by atoms with E-state index in [0.717, 1.165) is 19.3 Å². The maximum absolute atomic E-state index is 11.2. The number of fused-ring (bicyclic) bond motifs is 2. The fourth-order valence-electron chi connectivity index (χ4n) is 1.61. The van der Waals surface area contributed by atoms with Crippen LogP contribution in [-0.2, 0) is 9.83 Å². The predicted molar refractivity (Wildman–Crippen MR) is 43.2 cm³/mol. The average molecular weight is 178 g/mol. The summed E-state index contributed by atoms with van der Waals surface area (Å²) in [5, 5.41) is 9.83. The van der Waals surface area contributed by atoms with E-state index in [9.17, 15) is 9.32 Å². The Morgan fingerprint density at radius 1 is 1.50 bits per heavy atom. The van der Waals surface area contributed by atoms with Crippen LogP contribution >= 0.6 is 10.8 Å². The summed E-state index contributed by atoms with van der Waals surface area (Å²) in [5.74, 6) is 0. The van der Waals surface area contributed by atoms with Crippen molar-refractivity contribution in [2.45, 2.75) is 35.9 Å². The Morgan fingerprint density at radius 3 is 2.90 bits per heavy atom. The Bertz CT molecular complexity index is 171. The molecule has 2 fully saturated rings. The molecule has 4 atom stereocenters. The maximum Gasteiger partial charge on any atom is 0.0865 e. The van der Waals surface area contributed by atoms with E-state index in [1.807, 2.05) is 0 Å². The van der Waals surface area contributed by atoms with Gasteiger partial charge in [-0.25, -0.2) is 4.21 Å². The van der Waals surface area contributed by atoms with E-state index in [0.29, 0.717) is 0 Å². The molecule has 4 heteroatoms. The maximum atomic E-state index is 11.2. The van der Waals surface area contributed by atoms with E-state index in [1.165, 1.54) is 10.8 Å². The van der Waals surface area contributed by atoms with Crippen molar-refractivity contribution in [1.29, 1.82) is 0 Å². The summed E-state index contributed by atoms with van der Waals surface area (Å²) in [6.45, 7) is 0. The molecule has 0 spiro atoms. The first-order chi connectivity index (χ1) is 4.79. The lowest BCUT2D eigenvalue weighted by atomic mass is 9.97. The van der Waals surface area contributed by atoms with Crippen molar-refractivity contribution in [3.63, 3.8) is 0 Å². The van der Waals surface area contributed by atoms with Crippen molar-refractivity contribution in [3.8, 4) is 0 Å². The van der Waals surface area contributed by atoms with Crippen LogP contribution in [0.25, 0.3) is 0 Å². The van der Waals surface area contributed by atoms with Gasteiger partial charge in [0.2, 0.25) is 0 Å². The molecule has 0 amide bonds. The molecule has 2 rings (SSSR count). The van der Waals surface area contributed by atoms with Gasteiger partial charge in [0.25, 0.3) is 0 Å². The highest BCUT2D eigenvalue weighted by Gasteiger charge is 2.43. The molecule has 0 radical (unpaired) electrons. The van der Waals surface area contributed by atoms with Crippen LogP contribution in [0.3, 0.4) is 0 Å². The number of rotatable bonds is 0. The fraction of sp³-hybridized carbons (Fsp3) is 1.00. The first kappa shape index (κ1) is 7.13. The van der Waals surface area contributed by atoms with Gasteiger partial charge < -0.3 is 5.11 Å². The lowest BCUT2D eigenvalue weighted by molar-refractivity contribution is 0.146. The molecule has 4 unspecified atom stereocenters. The lowest BCUT2D eigenvalue weighted by Gasteiger charge is -2.21. The van der Waals surface area contributed by atoms with E-state index < -0.39 is 9.83 Å². The summed E-state index contributed by atoms with van der Waals surface area (Å²) in [6.07, 6.45) is 2.87. The largest absolute Gasteiger partial charge is 0.391 e. The molecule has 1 N–H and O–H groups in total. The highest BCUT2D eigenvalue weighted by Crippen LogP contribution is 2.42. The third-order valence-electron chi connectivity index (χ3n) is 2.20. The van der Waals surface area contributed by atoms with E-state index in [-0.39, 0.29) is 16.6 Å². The molecule has 10 heavy (non-hydrogen) atoms. The van der Waals surface area contributed by atoms with Crippen molar-refractivity contribution in [3.05, 3.63) is 0 Å². The third kappa shape index (κ3) is 0.933. The minimum atomic E-state index is -0.792. The van der Waals surface area contributed by atoms with Crippen molar-refractivity contribution >= 4 is 20.6 Å². The molecule has 1 aliphatic carbocycles. The minimum Gasteiger partial charge on any atom is -0.391 e. The molecule has 0 aromatic heterocycles. The van der Waals surface area contributed by atoms with Gasteiger partial charge in [0, 0.05) is 5.25 Å². The summed E-state index contributed by atoms with van der Waals surface area (Å²) >= 11 is 0. The van der Waals surface area contributed by atoms with Crippen LogP contribution in [0.2, 0.25) is 0 Å². The van der Waals surface area contributed by atoms with Gasteiger partial charge in [-0.2, -0.15) is 0 Å². The number of aliphatic hydroxyl groups excluding tert-OH is 1. The SMILES string of the molecule is O=S1SC2CCCC1C2O. The topological polar surface area (TPSA) is 37.3 Å². The smallest absolute Gasteiger partial charge is 0.0865 e. The van der Waals surface area contributed by atoms with Gasteiger partial charge in [-0.15, -0.1) is 0 Å². The Labute approximate surface area is 66.2 Å². The zero-order valence-corrected chi connectivity index (χ0v) is 7.16. The Kier molecular flexibility index (Phi) is 1.78. The molecule has 2 nitrogen and oxygen atoms in total. The van der Waals surface area contributed by atoms with Gasteiger partial charge in [-0.1, -0.05) is 17.2 Å². The van der Waals surface area contributed by atoms with Crippen molar-refractivity contribution in [2.24, 2.45) is 0 Å². The Morgan fingerprint density at radius 2 is 2.30 bits per heavy atom. The summed E-state index contributed by atoms with van der Waals surface area (Å²) in [6, 6.07) is 0. The first-order valence-electron chi connectivity index (χ1n) is 3.55. The summed E-state index contributed by atoms with van der Waals surface area (Å²) in [4.78, 5) is 0. The van der Waals surface area contributed by atoms with Gasteiger partial charge in [0.1, 0.15) is 0 Å². The Hall–Kier alpha value is 0.460. The highest BCUT2D eigenvalue weighted by atomic mass is 33.1. The molecule has 58 valence electrons. The number of hydrogen-bond acceptors (Lipinski definition) is 3. The Balaban J connectivity index is 2.22. The van der Waals surface area contributed by atoms with Crippen LogP contribution in [0.1, 0.15) is 19.3 Å². The third-order valence-corrected chi connectivity index (χ3v) is 6.22. The predicted octanol–water partition coefficient (Wildman–Crippen LogP) is 0.679. The average Bonchev–Trinajstić information content (AvgIpc) is 2.16. The van der Waals surface area contributed by atoms with Gasteiger partial charge in [0.05, 0.1) is 21.2 Å². The van der Waals surface area contributed by atoms with Crippen LogP contribution < -0.4 is 0 Å². The lowest BCUT2D eigenvalue weighted by Crippen LogP contribution is -2.33. The van der Waals surface area contributed by atoms with Gasteiger partial charge in [-0.05, 0) is 12.8 Å². The van der Waals surface area contributed by atoms with Gasteiger partial charge in [0.15, 0.2) is 0 Å². The number of aliphatic hydroxyl groups is 1. The summed E-state index contributed by atoms with van der Waals surface area (Å²) < 4.78 is 11.2. The zero-order chi connectivity index (χ0) is 7.14. The van der Waals surface area contributed by atoms with Crippen LogP contribution in [0.15, 0.2) is 0 Å². The summed E-state index contributed by atoms with van der Waals surface area (Å²) in [5.41, 5.74) is 0. The standard InChI is InChI=1S/C6H10O2S2/c7-6-4-2-1-3-5(6)10(8)9-4/h4-7H,1-3H2. The molecule has 0 aromatic carbocycles. The minimum absolute atomic E-state index is 0.0868. The molecule has 1 saturated carbocycles. The first-order valence-corrected chi connectivity index (χ1v) is 6.16. The van der Waals surface area contributed by atoms with Crippen LogP contribution in [0.4, 0.5) is 0 Å². The molecular weight excluding hydrogens is 168 g/mol. The molecule has 1 aliphatic heterocycles. The second-order valence-corrected chi connectivity index (χ2v) is 6.34. The second kappa shape index (κ2) is 2.50. The second-order valence-electron chi connectivity index (χ2n) is 2.86. The molecule has 2 bridgehead atoms. The van der Waals surface area contributed by atoms with Crippen LogP contribution in [0, 0.1) is 0 Å². The van der Waals surface area contributed by atoms with Crippen LogP contribution in [-0.4, -0.2) is 25.9 Å². The fourth-order valence-corrected chi connectivity index (χ4v) is 5.86. The molecule has 0 aromatic rings.